The van der Waals surface area contributed by atoms with Crippen LogP contribution in [0.25, 0.3) is 33.3 Å². The molecule has 40 heavy (non-hydrogen) atoms. The van der Waals surface area contributed by atoms with Crippen LogP contribution in [0.3, 0.4) is 0 Å². The SMILES string of the molecule is N#Cc1nccc(N2CCC3(CN(Cc4ccc(-c5nc6cc[nH]c(=O)c6cc5-c5ccccc5)cc4)C3)C2)n1. The van der Waals surface area contributed by atoms with Crippen LogP contribution in [0, 0.1) is 16.7 Å². The number of fused-ring (bicyclic) bond motifs is 1. The molecule has 2 aromatic carbocycles. The molecule has 0 bridgehead atoms. The summed E-state index contributed by atoms with van der Waals surface area (Å²) >= 11 is 0. The number of pyridine rings is 2. The predicted molar refractivity (Wildman–Crippen MR) is 155 cm³/mol. The fourth-order valence-corrected chi connectivity index (χ4v) is 6.18. The Hall–Kier alpha value is -4.87. The summed E-state index contributed by atoms with van der Waals surface area (Å²) in [7, 11) is 0. The van der Waals surface area contributed by atoms with Gasteiger partial charge in [0.1, 0.15) is 11.9 Å². The van der Waals surface area contributed by atoms with Crippen molar-refractivity contribution in [1.29, 1.82) is 5.26 Å². The lowest BCUT2D eigenvalue weighted by Gasteiger charge is -2.48. The first-order valence-electron chi connectivity index (χ1n) is 13.5. The van der Waals surface area contributed by atoms with Crippen molar-refractivity contribution in [1.82, 2.24) is 24.8 Å². The number of nitrogens with one attached hydrogen (secondary N) is 1. The van der Waals surface area contributed by atoms with E-state index in [-0.39, 0.29) is 16.8 Å². The van der Waals surface area contributed by atoms with E-state index in [1.54, 1.807) is 12.4 Å². The van der Waals surface area contributed by atoms with E-state index >= 15 is 0 Å². The van der Waals surface area contributed by atoms with Gasteiger partial charge in [-0.2, -0.15) is 5.26 Å². The number of nitrogens with zero attached hydrogens (tertiary/aromatic N) is 6. The first-order valence-corrected chi connectivity index (χ1v) is 13.5. The summed E-state index contributed by atoms with van der Waals surface area (Å²) in [6.07, 6.45) is 4.44. The fourth-order valence-electron chi connectivity index (χ4n) is 6.18. The van der Waals surface area contributed by atoms with Crippen molar-refractivity contribution in [3.8, 4) is 28.5 Å². The minimum atomic E-state index is -0.134. The van der Waals surface area contributed by atoms with Gasteiger partial charge in [0.15, 0.2) is 0 Å². The highest BCUT2D eigenvalue weighted by molar-refractivity contribution is 5.91. The molecule has 2 fully saturated rings. The number of nitriles is 1. The van der Waals surface area contributed by atoms with Crippen LogP contribution in [0.2, 0.25) is 0 Å². The molecule has 1 N–H and O–H groups in total. The molecule has 3 aromatic heterocycles. The zero-order chi connectivity index (χ0) is 27.1. The third kappa shape index (κ3) is 4.40. The number of benzene rings is 2. The van der Waals surface area contributed by atoms with E-state index in [1.165, 1.54) is 5.56 Å². The maximum Gasteiger partial charge on any atom is 0.257 e. The van der Waals surface area contributed by atoms with Gasteiger partial charge in [-0.05, 0) is 35.7 Å². The van der Waals surface area contributed by atoms with Gasteiger partial charge in [-0.3, -0.25) is 9.69 Å². The fraction of sp³-hybridized carbons (Fsp3) is 0.219. The van der Waals surface area contributed by atoms with Crippen LogP contribution < -0.4 is 10.5 Å². The zero-order valence-corrected chi connectivity index (χ0v) is 21.9. The third-order valence-electron chi connectivity index (χ3n) is 8.09. The van der Waals surface area contributed by atoms with Crippen LogP contribution in [-0.4, -0.2) is 51.0 Å². The molecular weight excluding hydrogens is 498 g/mol. The Labute approximate surface area is 231 Å². The number of aromatic nitrogens is 4. The molecule has 0 aliphatic carbocycles. The standard InChI is InChI=1S/C32H27N7O/c33-17-28-34-14-11-29(37-28)39-15-12-32(21-39)19-38(20-32)18-22-6-8-24(9-7-22)30-25(23-4-2-1-3-5-23)16-26-27(36-30)10-13-35-31(26)40/h1-11,13-14,16H,12,15,18-21H2,(H,35,40). The topological polar surface area (TPSA) is 102 Å². The molecule has 2 saturated heterocycles. The van der Waals surface area contributed by atoms with E-state index in [4.69, 9.17) is 10.2 Å². The number of aromatic amines is 1. The smallest absolute Gasteiger partial charge is 0.257 e. The maximum atomic E-state index is 12.5. The molecule has 7 rings (SSSR count). The van der Waals surface area contributed by atoms with E-state index in [1.807, 2.05) is 42.5 Å². The van der Waals surface area contributed by atoms with Crippen molar-refractivity contribution in [3.05, 3.63) is 107 Å². The van der Waals surface area contributed by atoms with Crippen LogP contribution in [0.1, 0.15) is 17.8 Å². The van der Waals surface area contributed by atoms with Gasteiger partial charge >= 0.3 is 0 Å². The highest BCUT2D eigenvalue weighted by atomic mass is 16.1. The molecule has 196 valence electrons. The van der Waals surface area contributed by atoms with Crippen molar-refractivity contribution in [2.45, 2.75) is 13.0 Å². The van der Waals surface area contributed by atoms with Gasteiger partial charge in [0, 0.05) is 61.7 Å². The average Bonchev–Trinajstić information content (AvgIpc) is 3.43. The summed E-state index contributed by atoms with van der Waals surface area (Å²) in [5.41, 5.74) is 5.97. The molecule has 5 heterocycles. The highest BCUT2D eigenvalue weighted by Crippen LogP contribution is 2.41. The number of anilines is 1. The van der Waals surface area contributed by atoms with Crippen LogP contribution in [-0.2, 0) is 6.54 Å². The molecule has 0 amide bonds. The molecule has 8 nitrogen and oxygen atoms in total. The number of H-pyrrole nitrogens is 1. The second-order valence-corrected chi connectivity index (χ2v) is 10.9. The lowest BCUT2D eigenvalue weighted by Crippen LogP contribution is -2.56. The van der Waals surface area contributed by atoms with Crippen molar-refractivity contribution >= 4 is 16.7 Å². The predicted octanol–water partition coefficient (Wildman–Crippen LogP) is 4.63. The molecule has 0 atom stereocenters. The van der Waals surface area contributed by atoms with Gasteiger partial charge in [0.2, 0.25) is 5.82 Å². The second-order valence-electron chi connectivity index (χ2n) is 10.9. The number of rotatable bonds is 5. The zero-order valence-electron chi connectivity index (χ0n) is 21.9. The largest absolute Gasteiger partial charge is 0.356 e. The summed E-state index contributed by atoms with van der Waals surface area (Å²) in [5, 5.41) is 9.71. The van der Waals surface area contributed by atoms with E-state index in [9.17, 15) is 4.79 Å². The normalized spacial score (nSPS) is 16.2. The van der Waals surface area contributed by atoms with Gasteiger partial charge in [-0.25, -0.2) is 15.0 Å². The van der Waals surface area contributed by atoms with E-state index in [2.05, 4.69) is 61.1 Å². The molecule has 0 radical (unpaired) electrons. The molecule has 5 aromatic rings. The molecule has 0 saturated carbocycles. The first-order chi connectivity index (χ1) is 19.6. The molecule has 8 heteroatoms. The van der Waals surface area contributed by atoms with Crippen molar-refractivity contribution < 1.29 is 0 Å². The summed E-state index contributed by atoms with van der Waals surface area (Å²) in [5.74, 6) is 1.07. The number of hydrogen-bond donors (Lipinski definition) is 1. The van der Waals surface area contributed by atoms with Gasteiger partial charge < -0.3 is 9.88 Å². The van der Waals surface area contributed by atoms with E-state index in [0.29, 0.717) is 10.9 Å². The molecule has 2 aliphatic rings. The average molecular weight is 526 g/mol. The van der Waals surface area contributed by atoms with Crippen molar-refractivity contribution in [2.75, 3.05) is 31.1 Å². The molecular formula is C32H27N7O. The van der Waals surface area contributed by atoms with Crippen molar-refractivity contribution in [2.24, 2.45) is 5.41 Å². The Morgan fingerprint density at radius 3 is 2.58 bits per heavy atom. The quantitative estimate of drug-likeness (QED) is 0.357. The van der Waals surface area contributed by atoms with Crippen LogP contribution >= 0.6 is 0 Å². The number of likely N-dealkylation sites (tertiary alicyclic amines) is 1. The lowest BCUT2D eigenvalue weighted by molar-refractivity contribution is 0.0117. The molecule has 0 unspecified atom stereocenters. The minimum Gasteiger partial charge on any atom is -0.356 e. The third-order valence-corrected chi connectivity index (χ3v) is 8.09. The first kappa shape index (κ1) is 24.2. The Kier molecular flexibility index (Phi) is 5.87. The molecule has 2 aliphatic heterocycles. The molecule has 1 spiro atoms. The van der Waals surface area contributed by atoms with Gasteiger partial charge in [0.25, 0.3) is 5.56 Å². The van der Waals surface area contributed by atoms with Gasteiger partial charge in [-0.15, -0.1) is 0 Å². The van der Waals surface area contributed by atoms with Crippen molar-refractivity contribution in [3.63, 3.8) is 0 Å². The Morgan fingerprint density at radius 2 is 1.77 bits per heavy atom. The Bertz CT molecular complexity index is 1800. The summed E-state index contributed by atoms with van der Waals surface area (Å²) in [4.78, 5) is 33.3. The van der Waals surface area contributed by atoms with Crippen LogP contribution in [0.4, 0.5) is 5.82 Å². The minimum absolute atomic E-state index is 0.134. The monoisotopic (exact) mass is 525 g/mol. The lowest BCUT2D eigenvalue weighted by atomic mass is 9.79. The summed E-state index contributed by atoms with van der Waals surface area (Å²) in [6, 6.07) is 26.5. The summed E-state index contributed by atoms with van der Waals surface area (Å²) < 4.78 is 0. The highest BCUT2D eigenvalue weighted by Gasteiger charge is 2.47. The second kappa shape index (κ2) is 9.70. The summed E-state index contributed by atoms with van der Waals surface area (Å²) in [6.45, 7) is 4.93. The van der Waals surface area contributed by atoms with Crippen LogP contribution in [0.5, 0.6) is 0 Å². The van der Waals surface area contributed by atoms with E-state index < -0.39 is 0 Å². The Balaban J connectivity index is 1.08. The van der Waals surface area contributed by atoms with Gasteiger partial charge in [0.05, 0.1) is 16.6 Å². The van der Waals surface area contributed by atoms with E-state index in [0.717, 1.165) is 67.3 Å². The van der Waals surface area contributed by atoms with Crippen LogP contribution in [0.15, 0.2) is 90.0 Å². The maximum absolute atomic E-state index is 12.5. The number of hydrogen-bond acceptors (Lipinski definition) is 7. The van der Waals surface area contributed by atoms with Gasteiger partial charge in [-0.1, -0.05) is 54.6 Å². The Morgan fingerprint density at radius 1 is 0.950 bits per heavy atom.